The molecule has 0 spiro atoms. The van der Waals surface area contributed by atoms with Gasteiger partial charge in [-0.25, -0.2) is 4.79 Å². The fraction of sp³-hybridized carbons (Fsp3) is 0.276. The maximum atomic E-state index is 11.9. The Morgan fingerprint density at radius 1 is 1.03 bits per heavy atom. The Morgan fingerprint density at radius 3 is 2.58 bits per heavy atom. The van der Waals surface area contributed by atoms with E-state index >= 15 is 0 Å². The molecule has 0 radical (unpaired) electrons. The van der Waals surface area contributed by atoms with Crippen molar-refractivity contribution < 1.29 is 19.0 Å². The van der Waals surface area contributed by atoms with Crippen molar-refractivity contribution in [1.82, 2.24) is 0 Å². The second-order valence-corrected chi connectivity index (χ2v) is 8.05. The van der Waals surface area contributed by atoms with Gasteiger partial charge < -0.3 is 14.2 Å². The first-order valence-electron chi connectivity index (χ1n) is 11.5. The van der Waals surface area contributed by atoms with E-state index in [0.29, 0.717) is 19.6 Å². The molecule has 0 aliphatic heterocycles. The number of rotatable bonds is 8. The zero-order valence-electron chi connectivity index (χ0n) is 19.3. The van der Waals surface area contributed by atoms with E-state index in [0.717, 1.165) is 24.2 Å². The second kappa shape index (κ2) is 11.0. The molecular weight excluding hydrogens is 412 g/mol. The first kappa shape index (κ1) is 22.8. The van der Waals surface area contributed by atoms with Crippen LogP contribution in [0, 0.1) is 0 Å². The van der Waals surface area contributed by atoms with Crippen molar-refractivity contribution in [3.63, 3.8) is 0 Å². The zero-order valence-corrected chi connectivity index (χ0v) is 19.3. The highest BCUT2D eigenvalue weighted by molar-refractivity contribution is 5.89. The fourth-order valence-electron chi connectivity index (χ4n) is 4.24. The van der Waals surface area contributed by atoms with Gasteiger partial charge in [0.1, 0.15) is 12.4 Å². The molecule has 0 saturated heterocycles. The van der Waals surface area contributed by atoms with Crippen LogP contribution in [0.15, 0.2) is 84.5 Å². The number of carbonyl (C=O) groups excluding carboxylic acids is 1. The molecule has 4 nitrogen and oxygen atoms in total. The van der Waals surface area contributed by atoms with Gasteiger partial charge in [0.15, 0.2) is 6.10 Å². The summed E-state index contributed by atoms with van der Waals surface area (Å²) >= 11 is 0. The molecule has 2 aromatic carbocycles. The zero-order chi connectivity index (χ0) is 23.0. The minimum absolute atomic E-state index is 0.338. The lowest BCUT2D eigenvalue weighted by atomic mass is 9.89. The molecule has 4 heteroatoms. The van der Waals surface area contributed by atoms with Crippen LogP contribution >= 0.6 is 0 Å². The molecule has 1 atom stereocenters. The van der Waals surface area contributed by atoms with Crippen LogP contribution in [-0.2, 0) is 20.7 Å². The summed E-state index contributed by atoms with van der Waals surface area (Å²) in [6, 6.07) is 16.4. The van der Waals surface area contributed by atoms with Gasteiger partial charge in [-0.15, -0.1) is 0 Å². The SMILES string of the molecule is CCOC(=O)C(Cc1ccc(OCC=C2C=CC3=C(CCC=C3)c3ccccc32)cc1)OC. The van der Waals surface area contributed by atoms with Crippen LogP contribution < -0.4 is 4.74 Å². The average molecular weight is 443 g/mol. The lowest BCUT2D eigenvalue weighted by Crippen LogP contribution is -2.27. The predicted molar refractivity (Wildman–Crippen MR) is 132 cm³/mol. The monoisotopic (exact) mass is 442 g/mol. The number of hydrogen-bond acceptors (Lipinski definition) is 4. The van der Waals surface area contributed by atoms with Gasteiger partial charge in [-0.05, 0) is 71.4 Å². The summed E-state index contributed by atoms with van der Waals surface area (Å²) in [4.78, 5) is 11.9. The van der Waals surface area contributed by atoms with Crippen LogP contribution in [0.1, 0.15) is 36.5 Å². The van der Waals surface area contributed by atoms with Gasteiger partial charge >= 0.3 is 5.97 Å². The number of ether oxygens (including phenoxy) is 3. The van der Waals surface area contributed by atoms with Crippen molar-refractivity contribution in [1.29, 1.82) is 0 Å². The van der Waals surface area contributed by atoms with Crippen molar-refractivity contribution in [2.45, 2.75) is 32.3 Å². The van der Waals surface area contributed by atoms with Crippen molar-refractivity contribution in [2.75, 3.05) is 20.3 Å². The summed E-state index contributed by atoms with van der Waals surface area (Å²) in [7, 11) is 1.52. The van der Waals surface area contributed by atoms with Crippen molar-refractivity contribution in [2.24, 2.45) is 0 Å². The molecule has 170 valence electrons. The number of hydrogen-bond donors (Lipinski definition) is 0. The van der Waals surface area contributed by atoms with Crippen LogP contribution in [-0.4, -0.2) is 32.4 Å². The topological polar surface area (TPSA) is 44.8 Å². The Kier molecular flexibility index (Phi) is 7.59. The molecular formula is C29H30O4. The minimum atomic E-state index is -0.599. The largest absolute Gasteiger partial charge is 0.490 e. The molecule has 0 saturated carbocycles. The van der Waals surface area contributed by atoms with Gasteiger partial charge in [0, 0.05) is 13.5 Å². The van der Waals surface area contributed by atoms with Gasteiger partial charge in [-0.2, -0.15) is 0 Å². The molecule has 2 aromatic rings. The molecule has 0 heterocycles. The second-order valence-electron chi connectivity index (χ2n) is 8.05. The number of allylic oxidation sites excluding steroid dienone is 7. The Bertz CT molecular complexity index is 1100. The van der Waals surface area contributed by atoms with Crippen LogP contribution in [0.4, 0.5) is 0 Å². The summed E-state index contributed by atoms with van der Waals surface area (Å²) in [6.45, 7) is 2.60. The molecule has 0 fully saturated rings. The third-order valence-electron chi connectivity index (χ3n) is 5.94. The van der Waals surface area contributed by atoms with Gasteiger partial charge in [0.2, 0.25) is 0 Å². The van der Waals surface area contributed by atoms with E-state index in [2.05, 4.69) is 54.6 Å². The van der Waals surface area contributed by atoms with Crippen LogP contribution in [0.3, 0.4) is 0 Å². The minimum Gasteiger partial charge on any atom is -0.490 e. The molecule has 2 aliphatic rings. The first-order chi connectivity index (χ1) is 16.2. The average Bonchev–Trinajstić information content (AvgIpc) is 3.01. The summed E-state index contributed by atoms with van der Waals surface area (Å²) < 4.78 is 16.3. The molecule has 0 aromatic heterocycles. The maximum Gasteiger partial charge on any atom is 0.335 e. The number of benzene rings is 2. The molecule has 2 aliphatic carbocycles. The first-order valence-corrected chi connectivity index (χ1v) is 11.5. The summed E-state index contributed by atoms with van der Waals surface area (Å²) in [6.07, 6.45) is 13.0. The fourth-order valence-corrected chi connectivity index (χ4v) is 4.24. The Labute approximate surface area is 195 Å². The lowest BCUT2D eigenvalue weighted by molar-refractivity contribution is -0.154. The molecule has 33 heavy (non-hydrogen) atoms. The molecule has 0 N–H and O–H groups in total. The van der Waals surface area contributed by atoms with E-state index in [1.54, 1.807) is 6.92 Å². The van der Waals surface area contributed by atoms with Crippen LogP contribution in [0.2, 0.25) is 0 Å². The van der Waals surface area contributed by atoms with E-state index in [-0.39, 0.29) is 5.97 Å². The Balaban J connectivity index is 1.42. The molecule has 0 amide bonds. The smallest absolute Gasteiger partial charge is 0.335 e. The van der Waals surface area contributed by atoms with Crippen molar-refractivity contribution in [3.8, 4) is 5.75 Å². The molecule has 4 rings (SSSR count). The van der Waals surface area contributed by atoms with Crippen LogP contribution in [0.25, 0.3) is 11.1 Å². The van der Waals surface area contributed by atoms with Gasteiger partial charge in [0.05, 0.1) is 6.61 Å². The summed E-state index contributed by atoms with van der Waals surface area (Å²) in [5.74, 6) is 0.447. The number of methoxy groups -OCH3 is 1. The quantitative estimate of drug-likeness (QED) is 0.475. The lowest BCUT2D eigenvalue weighted by Gasteiger charge is -2.16. The van der Waals surface area contributed by atoms with E-state index in [4.69, 9.17) is 14.2 Å². The number of fused-ring (bicyclic) bond motifs is 2. The number of esters is 1. The number of carbonyl (C=O) groups is 1. The van der Waals surface area contributed by atoms with Gasteiger partial charge in [-0.3, -0.25) is 0 Å². The third-order valence-corrected chi connectivity index (χ3v) is 5.94. The van der Waals surface area contributed by atoms with E-state index in [9.17, 15) is 4.79 Å². The molecule has 0 bridgehead atoms. The van der Waals surface area contributed by atoms with E-state index in [1.807, 2.05) is 24.3 Å². The highest BCUT2D eigenvalue weighted by atomic mass is 16.6. The van der Waals surface area contributed by atoms with Crippen molar-refractivity contribution in [3.05, 3.63) is 101 Å². The third kappa shape index (κ3) is 5.52. The molecule has 1 unspecified atom stereocenters. The highest BCUT2D eigenvalue weighted by Crippen LogP contribution is 2.37. The van der Waals surface area contributed by atoms with E-state index in [1.165, 1.54) is 35.0 Å². The van der Waals surface area contributed by atoms with Gasteiger partial charge in [-0.1, -0.05) is 60.7 Å². The van der Waals surface area contributed by atoms with Crippen molar-refractivity contribution >= 4 is 17.1 Å². The Hall–Kier alpha value is -3.37. The standard InChI is InChI=1S/C29H30O4/c1-3-32-29(30)28(31-2)20-21-12-16-24(17-13-21)33-19-18-23-15-14-22-8-4-5-9-25(22)27-11-7-6-10-26(23)27/h4,6-8,10-18,28H,3,5,9,19-20H2,1-2H3. The highest BCUT2D eigenvalue weighted by Gasteiger charge is 2.19. The Morgan fingerprint density at radius 2 is 1.82 bits per heavy atom. The summed E-state index contributed by atoms with van der Waals surface area (Å²) in [5, 5.41) is 0. The van der Waals surface area contributed by atoms with Crippen LogP contribution in [0.5, 0.6) is 5.75 Å². The normalized spacial score (nSPS) is 16.7. The predicted octanol–water partition coefficient (Wildman–Crippen LogP) is 5.94. The maximum absolute atomic E-state index is 11.9. The van der Waals surface area contributed by atoms with Gasteiger partial charge in [0.25, 0.3) is 0 Å². The summed E-state index contributed by atoms with van der Waals surface area (Å²) in [5.41, 5.74) is 7.44. The van der Waals surface area contributed by atoms with E-state index < -0.39 is 6.10 Å².